The molecule has 0 saturated carbocycles. The van der Waals surface area contributed by atoms with Gasteiger partial charge in [-0.3, -0.25) is 10.1 Å². The zero-order valence-corrected chi connectivity index (χ0v) is 7.68. The molecule has 4 heteroatoms. The summed E-state index contributed by atoms with van der Waals surface area (Å²) in [5.74, 6) is 0. The Morgan fingerprint density at radius 3 is 2.73 bits per heavy atom. The maximum atomic E-state index is 10.7. The van der Waals surface area contributed by atoms with Crippen molar-refractivity contribution in [2.75, 3.05) is 0 Å². The average Bonchev–Trinajstić information content (AvgIpc) is 2.27. The van der Waals surface area contributed by atoms with Crippen LogP contribution in [0.5, 0.6) is 0 Å². The molecule has 0 unspecified atom stereocenters. The number of non-ortho nitro benzene ring substituents is 1. The Morgan fingerprint density at radius 1 is 1.27 bits per heavy atom. The molecule has 2 aromatic carbocycles. The summed E-state index contributed by atoms with van der Waals surface area (Å²) in [5, 5.41) is 20.7. The van der Waals surface area contributed by atoms with Crippen LogP contribution in [0.4, 0.5) is 5.69 Å². The lowest BCUT2D eigenvalue weighted by molar-refractivity contribution is -0.383. The summed E-state index contributed by atoms with van der Waals surface area (Å²) in [4.78, 5) is 10.3. The zero-order chi connectivity index (χ0) is 10.8. The molecule has 0 heterocycles. The molecular weight excluding hydrogens is 192 g/mol. The van der Waals surface area contributed by atoms with Crippen molar-refractivity contribution in [3.8, 4) is 6.07 Å². The molecule has 72 valence electrons. The molecule has 0 saturated heterocycles. The minimum absolute atomic E-state index is 0.0320. The molecule has 0 radical (unpaired) electrons. The van der Waals surface area contributed by atoms with Crippen molar-refractivity contribution in [3.63, 3.8) is 0 Å². The number of hydrogen-bond acceptors (Lipinski definition) is 3. The summed E-state index contributed by atoms with van der Waals surface area (Å²) >= 11 is 0. The van der Waals surface area contributed by atoms with Crippen molar-refractivity contribution in [2.45, 2.75) is 0 Å². The van der Waals surface area contributed by atoms with E-state index >= 15 is 0 Å². The van der Waals surface area contributed by atoms with Gasteiger partial charge in [0.25, 0.3) is 5.69 Å². The van der Waals surface area contributed by atoms with Crippen molar-refractivity contribution >= 4 is 16.5 Å². The molecule has 15 heavy (non-hydrogen) atoms. The molecule has 0 amide bonds. The molecule has 0 aliphatic carbocycles. The molecule has 0 fully saturated rings. The molecule has 0 aromatic heterocycles. The van der Waals surface area contributed by atoms with Gasteiger partial charge in [0.1, 0.15) is 0 Å². The summed E-state index contributed by atoms with van der Waals surface area (Å²) in [6.07, 6.45) is 0. The predicted molar refractivity (Wildman–Crippen MR) is 55.3 cm³/mol. The van der Waals surface area contributed by atoms with Crippen molar-refractivity contribution < 1.29 is 4.92 Å². The van der Waals surface area contributed by atoms with Crippen LogP contribution in [0.15, 0.2) is 36.4 Å². The molecule has 0 N–H and O–H groups in total. The fourth-order valence-corrected chi connectivity index (χ4v) is 1.48. The second-order valence-corrected chi connectivity index (χ2v) is 3.08. The molecule has 0 spiro atoms. The number of nitriles is 1. The van der Waals surface area contributed by atoms with Gasteiger partial charge in [-0.25, -0.2) is 0 Å². The minimum Gasteiger partial charge on any atom is -0.258 e. The van der Waals surface area contributed by atoms with Crippen LogP contribution in [0.2, 0.25) is 0 Å². The maximum Gasteiger partial charge on any atom is 0.277 e. The van der Waals surface area contributed by atoms with Gasteiger partial charge in [0, 0.05) is 6.07 Å². The number of nitro benzene ring substituents is 1. The number of benzene rings is 2. The number of nitrogens with zero attached hydrogens (tertiary/aromatic N) is 2. The lowest BCUT2D eigenvalue weighted by atomic mass is 10.1. The molecule has 0 bridgehead atoms. The van der Waals surface area contributed by atoms with Crippen LogP contribution in [-0.4, -0.2) is 4.92 Å². The van der Waals surface area contributed by atoms with E-state index in [1.54, 1.807) is 24.3 Å². The third-order valence-corrected chi connectivity index (χ3v) is 2.18. The van der Waals surface area contributed by atoms with Crippen molar-refractivity contribution in [3.05, 3.63) is 52.1 Å². The Kier molecular flexibility index (Phi) is 2.07. The molecule has 2 aromatic rings. The maximum absolute atomic E-state index is 10.7. The quantitative estimate of drug-likeness (QED) is 0.522. The van der Waals surface area contributed by atoms with Crippen LogP contribution in [-0.2, 0) is 0 Å². The van der Waals surface area contributed by atoms with Gasteiger partial charge in [-0.1, -0.05) is 18.2 Å². The van der Waals surface area contributed by atoms with E-state index < -0.39 is 4.92 Å². The highest BCUT2D eigenvalue weighted by molar-refractivity contribution is 5.91. The van der Waals surface area contributed by atoms with Crippen LogP contribution in [0.3, 0.4) is 0 Å². The molecular formula is C11H6N2O2. The van der Waals surface area contributed by atoms with Gasteiger partial charge < -0.3 is 0 Å². The van der Waals surface area contributed by atoms with Gasteiger partial charge in [-0.2, -0.15) is 5.26 Å². The van der Waals surface area contributed by atoms with Crippen LogP contribution in [0.1, 0.15) is 5.56 Å². The highest BCUT2D eigenvalue weighted by Crippen LogP contribution is 2.25. The van der Waals surface area contributed by atoms with E-state index in [1.807, 2.05) is 6.07 Å². The first kappa shape index (κ1) is 9.16. The molecule has 4 nitrogen and oxygen atoms in total. The number of rotatable bonds is 1. The molecule has 0 aliphatic heterocycles. The molecule has 0 aliphatic rings. The second-order valence-electron chi connectivity index (χ2n) is 3.08. The van der Waals surface area contributed by atoms with Crippen LogP contribution in [0.25, 0.3) is 10.8 Å². The van der Waals surface area contributed by atoms with E-state index in [-0.39, 0.29) is 5.69 Å². The topological polar surface area (TPSA) is 66.9 Å². The van der Waals surface area contributed by atoms with Crippen molar-refractivity contribution in [1.82, 2.24) is 0 Å². The van der Waals surface area contributed by atoms with E-state index in [0.717, 1.165) is 5.39 Å². The highest BCUT2D eigenvalue weighted by atomic mass is 16.6. The smallest absolute Gasteiger partial charge is 0.258 e. The van der Waals surface area contributed by atoms with Gasteiger partial charge in [0.15, 0.2) is 0 Å². The van der Waals surface area contributed by atoms with Gasteiger partial charge in [0.05, 0.1) is 21.9 Å². The number of nitro groups is 1. The zero-order valence-electron chi connectivity index (χ0n) is 7.68. The number of fused-ring (bicyclic) bond motifs is 1. The summed E-state index contributed by atoms with van der Waals surface area (Å²) < 4.78 is 0. The first-order valence-corrected chi connectivity index (χ1v) is 4.29. The number of hydrogen-bond donors (Lipinski definition) is 0. The van der Waals surface area contributed by atoms with Gasteiger partial charge in [-0.15, -0.1) is 0 Å². The highest BCUT2D eigenvalue weighted by Gasteiger charge is 2.10. The van der Waals surface area contributed by atoms with Crippen molar-refractivity contribution in [1.29, 1.82) is 5.26 Å². The second kappa shape index (κ2) is 3.39. The standard InChI is InChI=1S/C11H6N2O2/c12-7-8-4-5-9-2-1-3-11(13(14)15)10(9)6-8/h1-6H. The lowest BCUT2D eigenvalue weighted by Gasteiger charge is -1.99. The lowest BCUT2D eigenvalue weighted by Crippen LogP contribution is -1.89. The monoisotopic (exact) mass is 198 g/mol. The van der Waals surface area contributed by atoms with Gasteiger partial charge in [0.2, 0.25) is 0 Å². The SMILES string of the molecule is N#Cc1ccc2cccc([N+](=O)[O-])c2c1. The van der Waals surface area contributed by atoms with E-state index in [1.165, 1.54) is 12.1 Å². The Labute approximate surface area is 85.5 Å². The Hall–Kier alpha value is -2.41. The van der Waals surface area contributed by atoms with Gasteiger partial charge >= 0.3 is 0 Å². The van der Waals surface area contributed by atoms with Crippen LogP contribution in [0, 0.1) is 21.4 Å². The first-order chi connectivity index (χ1) is 7.22. The van der Waals surface area contributed by atoms with E-state index in [0.29, 0.717) is 10.9 Å². The normalized spacial score (nSPS) is 9.80. The minimum atomic E-state index is -0.441. The van der Waals surface area contributed by atoms with Crippen molar-refractivity contribution in [2.24, 2.45) is 0 Å². The van der Waals surface area contributed by atoms with E-state index in [9.17, 15) is 10.1 Å². The fourth-order valence-electron chi connectivity index (χ4n) is 1.48. The van der Waals surface area contributed by atoms with E-state index in [4.69, 9.17) is 5.26 Å². The van der Waals surface area contributed by atoms with E-state index in [2.05, 4.69) is 0 Å². The largest absolute Gasteiger partial charge is 0.277 e. The van der Waals surface area contributed by atoms with Crippen LogP contribution < -0.4 is 0 Å². The summed E-state index contributed by atoms with van der Waals surface area (Å²) in [7, 11) is 0. The van der Waals surface area contributed by atoms with Gasteiger partial charge in [-0.05, 0) is 17.5 Å². The molecule has 2 rings (SSSR count). The predicted octanol–water partition coefficient (Wildman–Crippen LogP) is 2.62. The van der Waals surface area contributed by atoms with Crippen LogP contribution >= 0.6 is 0 Å². The average molecular weight is 198 g/mol. The summed E-state index contributed by atoms with van der Waals surface area (Å²) in [6, 6.07) is 11.7. The Bertz CT molecular complexity index is 585. The Balaban J connectivity index is 2.83. The first-order valence-electron chi connectivity index (χ1n) is 4.29. The molecule has 0 atom stereocenters. The Morgan fingerprint density at radius 2 is 2.07 bits per heavy atom. The summed E-state index contributed by atoms with van der Waals surface area (Å²) in [5.41, 5.74) is 0.460. The third-order valence-electron chi connectivity index (χ3n) is 2.18. The third kappa shape index (κ3) is 1.51. The fraction of sp³-hybridized carbons (Fsp3) is 0. The summed E-state index contributed by atoms with van der Waals surface area (Å²) in [6.45, 7) is 0.